The fourth-order valence-corrected chi connectivity index (χ4v) is 2.66. The zero-order valence-corrected chi connectivity index (χ0v) is 11.3. The largest absolute Gasteiger partial charge is 0.481 e. The molecule has 0 atom stereocenters. The third-order valence-electron chi connectivity index (χ3n) is 1.86. The van der Waals surface area contributed by atoms with E-state index in [0.717, 1.165) is 23.8 Å². The highest BCUT2D eigenvalue weighted by Gasteiger charge is 2.10. The Hall–Kier alpha value is -0.890. The Labute approximate surface area is 108 Å². The number of carboxylic acids is 1. The Morgan fingerprint density at radius 1 is 1.47 bits per heavy atom. The minimum Gasteiger partial charge on any atom is -0.481 e. The third-order valence-corrected chi connectivity index (χ3v) is 3.97. The number of aromatic nitrogens is 3. The van der Waals surface area contributed by atoms with Gasteiger partial charge in [0.05, 0.1) is 12.2 Å². The van der Waals surface area contributed by atoms with Crippen molar-refractivity contribution >= 4 is 29.5 Å². The molecule has 3 N–H and O–H groups in total. The number of aliphatic carboxylic acids is 1. The normalized spacial score (nSPS) is 10.6. The van der Waals surface area contributed by atoms with Gasteiger partial charge in [0.2, 0.25) is 5.16 Å². The van der Waals surface area contributed by atoms with Crippen LogP contribution in [0.15, 0.2) is 5.16 Å². The van der Waals surface area contributed by atoms with Gasteiger partial charge in [-0.1, -0.05) is 18.7 Å². The lowest BCUT2D eigenvalue weighted by Gasteiger charge is -2.02. The molecule has 1 heterocycles. The van der Waals surface area contributed by atoms with E-state index in [1.165, 1.54) is 16.4 Å². The molecule has 1 aromatic heterocycles. The Kier molecular flexibility index (Phi) is 6.20. The highest BCUT2D eigenvalue weighted by atomic mass is 32.2. The first-order valence-electron chi connectivity index (χ1n) is 5.26. The summed E-state index contributed by atoms with van der Waals surface area (Å²) in [6, 6.07) is 0. The first-order chi connectivity index (χ1) is 8.15. The first kappa shape index (κ1) is 14.2. The van der Waals surface area contributed by atoms with E-state index >= 15 is 0 Å². The van der Waals surface area contributed by atoms with Crippen LogP contribution >= 0.6 is 23.5 Å². The van der Waals surface area contributed by atoms with E-state index in [4.69, 9.17) is 10.9 Å². The van der Waals surface area contributed by atoms with Crippen LogP contribution in [0.3, 0.4) is 0 Å². The molecule has 0 radical (unpaired) electrons. The van der Waals surface area contributed by atoms with Gasteiger partial charge in [-0.15, -0.1) is 10.2 Å². The van der Waals surface area contributed by atoms with E-state index in [-0.39, 0.29) is 6.42 Å². The molecular formula is C9H16N4O2S2. The van der Waals surface area contributed by atoms with Gasteiger partial charge in [0, 0.05) is 5.75 Å². The molecule has 0 bridgehead atoms. The Bertz CT molecular complexity index is 370. The molecule has 0 aromatic carbocycles. The lowest BCUT2D eigenvalue weighted by Crippen LogP contribution is -2.13. The second kappa shape index (κ2) is 7.44. The Morgan fingerprint density at radius 2 is 2.24 bits per heavy atom. The minimum absolute atomic E-state index is 0.0947. The molecule has 96 valence electrons. The number of rotatable bonds is 8. The van der Waals surface area contributed by atoms with Crippen molar-refractivity contribution in [2.24, 2.45) is 0 Å². The molecule has 0 spiro atoms. The van der Waals surface area contributed by atoms with Crippen molar-refractivity contribution < 1.29 is 9.90 Å². The Balaban J connectivity index is 2.43. The van der Waals surface area contributed by atoms with Gasteiger partial charge in [0.1, 0.15) is 0 Å². The smallest absolute Gasteiger partial charge is 0.304 e. The van der Waals surface area contributed by atoms with Gasteiger partial charge >= 0.3 is 5.97 Å². The van der Waals surface area contributed by atoms with Crippen LogP contribution in [0.5, 0.6) is 0 Å². The van der Waals surface area contributed by atoms with Crippen molar-refractivity contribution in [3.63, 3.8) is 0 Å². The number of nitrogens with two attached hydrogens (primary N) is 1. The van der Waals surface area contributed by atoms with E-state index in [2.05, 4.69) is 17.1 Å². The number of hydrogen-bond acceptors (Lipinski definition) is 6. The van der Waals surface area contributed by atoms with E-state index in [1.54, 1.807) is 11.8 Å². The fourth-order valence-electron chi connectivity index (χ4n) is 1.04. The molecule has 8 heteroatoms. The van der Waals surface area contributed by atoms with Crippen molar-refractivity contribution in [2.45, 2.75) is 30.7 Å². The van der Waals surface area contributed by atoms with E-state index < -0.39 is 5.97 Å². The van der Waals surface area contributed by atoms with Crippen molar-refractivity contribution in [1.82, 2.24) is 14.9 Å². The molecule has 17 heavy (non-hydrogen) atoms. The summed E-state index contributed by atoms with van der Waals surface area (Å²) >= 11 is 3.07. The van der Waals surface area contributed by atoms with Gasteiger partial charge in [-0.25, -0.2) is 4.68 Å². The van der Waals surface area contributed by atoms with Crippen LogP contribution in [0.4, 0.5) is 0 Å². The molecule has 0 aliphatic rings. The van der Waals surface area contributed by atoms with Crippen LogP contribution in [0.1, 0.15) is 25.6 Å². The summed E-state index contributed by atoms with van der Waals surface area (Å²) in [6.07, 6.45) is 1.21. The molecule has 6 nitrogen and oxygen atoms in total. The van der Waals surface area contributed by atoms with E-state index in [1.807, 2.05) is 0 Å². The quantitative estimate of drug-likeness (QED) is 0.418. The summed E-state index contributed by atoms with van der Waals surface area (Å²) in [4.78, 5) is 10.4. The topological polar surface area (TPSA) is 94.0 Å². The van der Waals surface area contributed by atoms with Crippen LogP contribution in [0, 0.1) is 0 Å². The number of hydrogen-bond donors (Lipinski definition) is 2. The highest BCUT2D eigenvalue weighted by Crippen LogP contribution is 2.18. The monoisotopic (exact) mass is 276 g/mol. The summed E-state index contributed by atoms with van der Waals surface area (Å²) in [5, 5.41) is 17.0. The lowest BCUT2D eigenvalue weighted by molar-refractivity contribution is -0.136. The van der Waals surface area contributed by atoms with Crippen molar-refractivity contribution in [3.8, 4) is 0 Å². The molecule has 0 fully saturated rings. The van der Waals surface area contributed by atoms with Gasteiger partial charge in [0.15, 0.2) is 5.82 Å². The number of nitrogens with zero attached hydrogens (tertiary/aromatic N) is 3. The van der Waals surface area contributed by atoms with Gasteiger partial charge in [-0.05, 0) is 12.2 Å². The van der Waals surface area contributed by atoms with Crippen molar-refractivity contribution in [2.75, 3.05) is 17.3 Å². The molecule has 0 unspecified atom stereocenters. The van der Waals surface area contributed by atoms with Gasteiger partial charge in [-0.3, -0.25) is 4.79 Å². The summed E-state index contributed by atoms with van der Waals surface area (Å²) in [5.74, 6) is 7.96. The predicted molar refractivity (Wildman–Crippen MR) is 69.6 cm³/mol. The SMILES string of the molecule is CCCSCc1nnc(SCCC(=O)O)n1N. The number of carbonyl (C=O) groups is 1. The lowest BCUT2D eigenvalue weighted by atomic mass is 10.5. The van der Waals surface area contributed by atoms with Crippen LogP contribution in [-0.2, 0) is 10.5 Å². The molecule has 0 aliphatic carbocycles. The van der Waals surface area contributed by atoms with E-state index in [0.29, 0.717) is 10.9 Å². The zero-order chi connectivity index (χ0) is 12.7. The molecule has 1 rings (SSSR count). The molecule has 0 amide bonds. The van der Waals surface area contributed by atoms with Gasteiger partial charge in [0.25, 0.3) is 0 Å². The van der Waals surface area contributed by atoms with Crippen LogP contribution < -0.4 is 5.84 Å². The van der Waals surface area contributed by atoms with Gasteiger partial charge in [-0.2, -0.15) is 11.8 Å². The van der Waals surface area contributed by atoms with Crippen LogP contribution in [0.2, 0.25) is 0 Å². The zero-order valence-electron chi connectivity index (χ0n) is 9.63. The van der Waals surface area contributed by atoms with Crippen LogP contribution in [0.25, 0.3) is 0 Å². The second-order valence-corrected chi connectivity index (χ2v) is 5.48. The molecular weight excluding hydrogens is 260 g/mol. The van der Waals surface area contributed by atoms with Gasteiger partial charge < -0.3 is 10.9 Å². The number of thioether (sulfide) groups is 2. The average molecular weight is 276 g/mol. The van der Waals surface area contributed by atoms with Crippen LogP contribution in [-0.4, -0.2) is 37.5 Å². The maximum Gasteiger partial charge on any atom is 0.304 e. The summed E-state index contributed by atoms with van der Waals surface area (Å²) in [7, 11) is 0. The molecule has 0 saturated heterocycles. The molecule has 0 saturated carbocycles. The molecule has 0 aliphatic heterocycles. The third kappa shape index (κ3) is 4.86. The average Bonchev–Trinajstić information content (AvgIpc) is 2.61. The standard InChI is InChI=1S/C9H16N4O2S2/c1-2-4-16-6-7-11-12-9(13(7)10)17-5-3-8(14)15/h2-6,10H2,1H3,(H,14,15). The van der Waals surface area contributed by atoms with Crippen molar-refractivity contribution in [3.05, 3.63) is 5.82 Å². The fraction of sp³-hybridized carbons (Fsp3) is 0.667. The maximum absolute atomic E-state index is 10.4. The number of nitrogen functional groups attached to an aromatic ring is 1. The van der Waals surface area contributed by atoms with Crippen molar-refractivity contribution in [1.29, 1.82) is 0 Å². The first-order valence-corrected chi connectivity index (χ1v) is 7.41. The second-order valence-electron chi connectivity index (χ2n) is 3.31. The molecule has 1 aromatic rings. The summed E-state index contributed by atoms with van der Waals surface area (Å²) < 4.78 is 1.44. The summed E-state index contributed by atoms with van der Waals surface area (Å²) in [6.45, 7) is 2.12. The number of carboxylic acid groups (broad SMARTS) is 1. The highest BCUT2D eigenvalue weighted by molar-refractivity contribution is 7.99. The maximum atomic E-state index is 10.4. The summed E-state index contributed by atoms with van der Waals surface area (Å²) in [5.41, 5.74) is 0. The van der Waals surface area contributed by atoms with E-state index in [9.17, 15) is 4.79 Å². The predicted octanol–water partition coefficient (Wildman–Crippen LogP) is 1.20. The Morgan fingerprint density at radius 3 is 2.88 bits per heavy atom. The minimum atomic E-state index is -0.820.